The molecule has 0 radical (unpaired) electrons. The highest BCUT2D eigenvalue weighted by Crippen LogP contribution is 2.20. The summed E-state index contributed by atoms with van der Waals surface area (Å²) in [5.74, 6) is -0.338. The molecule has 2 heterocycles. The van der Waals surface area contributed by atoms with Crippen LogP contribution in [0.4, 0.5) is 5.82 Å². The van der Waals surface area contributed by atoms with Crippen molar-refractivity contribution in [3.63, 3.8) is 0 Å². The number of aromatic carboxylic acids is 1. The van der Waals surface area contributed by atoms with Crippen molar-refractivity contribution in [2.24, 2.45) is 0 Å². The molecule has 24 heavy (non-hydrogen) atoms. The van der Waals surface area contributed by atoms with Gasteiger partial charge in [0, 0.05) is 26.2 Å². The third kappa shape index (κ3) is 3.89. The maximum Gasteiger partial charge on any atom is 0.356 e. The Labute approximate surface area is 141 Å². The van der Waals surface area contributed by atoms with E-state index >= 15 is 0 Å². The molecule has 0 saturated carbocycles. The van der Waals surface area contributed by atoms with Crippen LogP contribution in [0.1, 0.15) is 28.9 Å². The van der Waals surface area contributed by atoms with Crippen molar-refractivity contribution >= 4 is 11.8 Å². The van der Waals surface area contributed by atoms with Crippen molar-refractivity contribution in [2.45, 2.75) is 25.4 Å². The molecule has 1 fully saturated rings. The van der Waals surface area contributed by atoms with E-state index in [4.69, 9.17) is 5.11 Å². The minimum absolute atomic E-state index is 0.0264. The van der Waals surface area contributed by atoms with E-state index in [0.29, 0.717) is 11.9 Å². The van der Waals surface area contributed by atoms with Crippen molar-refractivity contribution in [3.8, 4) is 0 Å². The van der Waals surface area contributed by atoms with Crippen molar-refractivity contribution in [1.29, 1.82) is 0 Å². The Morgan fingerprint density at radius 1 is 1.29 bits per heavy atom. The first-order valence-corrected chi connectivity index (χ1v) is 8.18. The van der Waals surface area contributed by atoms with Crippen LogP contribution in [-0.2, 0) is 6.54 Å². The number of anilines is 1. The molecular formula is C18H22N4O2. The molecule has 3 rings (SSSR count). The molecule has 6 heteroatoms. The monoisotopic (exact) mass is 326 g/mol. The summed E-state index contributed by atoms with van der Waals surface area (Å²) < 4.78 is 0. The third-order valence-electron chi connectivity index (χ3n) is 4.50. The van der Waals surface area contributed by atoms with Gasteiger partial charge >= 0.3 is 5.97 Å². The van der Waals surface area contributed by atoms with E-state index < -0.39 is 5.97 Å². The number of hydrogen-bond acceptors (Lipinski definition) is 5. The molecule has 0 amide bonds. The van der Waals surface area contributed by atoms with Crippen molar-refractivity contribution in [3.05, 3.63) is 54.0 Å². The molecule has 2 aromatic rings. The first-order valence-electron chi connectivity index (χ1n) is 8.18. The number of rotatable bonds is 5. The molecule has 1 aliphatic heterocycles. The minimum Gasteiger partial charge on any atom is -0.476 e. The number of likely N-dealkylation sites (tertiary alicyclic amines) is 1. The summed E-state index contributed by atoms with van der Waals surface area (Å²) in [6.45, 7) is 3.02. The van der Waals surface area contributed by atoms with E-state index in [1.807, 2.05) is 13.1 Å². The first-order chi connectivity index (χ1) is 11.6. The topological polar surface area (TPSA) is 69.6 Å². The predicted octanol–water partition coefficient (Wildman–Crippen LogP) is 2.28. The van der Waals surface area contributed by atoms with Crippen molar-refractivity contribution in [2.75, 3.05) is 25.0 Å². The Morgan fingerprint density at radius 3 is 2.75 bits per heavy atom. The van der Waals surface area contributed by atoms with Gasteiger partial charge in [0.05, 0.1) is 12.4 Å². The number of carboxylic acids is 1. The second-order valence-corrected chi connectivity index (χ2v) is 6.19. The molecule has 1 aliphatic rings. The average Bonchev–Trinajstić information content (AvgIpc) is 2.62. The molecule has 0 aliphatic carbocycles. The molecule has 1 saturated heterocycles. The highest BCUT2D eigenvalue weighted by Gasteiger charge is 2.24. The lowest BCUT2D eigenvalue weighted by molar-refractivity contribution is 0.0690. The Morgan fingerprint density at radius 2 is 2.08 bits per heavy atom. The number of likely N-dealkylation sites (N-methyl/N-ethyl adjacent to an activating group) is 1. The molecular weight excluding hydrogens is 304 g/mol. The van der Waals surface area contributed by atoms with Gasteiger partial charge in [0.25, 0.3) is 0 Å². The Kier molecular flexibility index (Phi) is 5.05. The van der Waals surface area contributed by atoms with Crippen molar-refractivity contribution in [1.82, 2.24) is 14.9 Å². The van der Waals surface area contributed by atoms with Crippen LogP contribution in [0.25, 0.3) is 0 Å². The smallest absolute Gasteiger partial charge is 0.356 e. The van der Waals surface area contributed by atoms with Crippen LogP contribution in [0, 0.1) is 0 Å². The zero-order valence-corrected chi connectivity index (χ0v) is 13.8. The van der Waals surface area contributed by atoms with Gasteiger partial charge in [0.1, 0.15) is 5.82 Å². The summed E-state index contributed by atoms with van der Waals surface area (Å²) in [5, 5.41) is 8.92. The standard InChI is InChI=1S/C18H22N4O2/c1-21(17-11-19-16(10-20-17)18(23)24)15-8-5-9-22(13-15)12-14-6-3-2-4-7-14/h2-4,6-7,10-11,15H,5,8-9,12-13H2,1H3,(H,23,24). The molecule has 1 atom stereocenters. The van der Waals surface area contributed by atoms with Gasteiger partial charge < -0.3 is 10.0 Å². The van der Waals surface area contributed by atoms with Crippen LogP contribution < -0.4 is 4.90 Å². The summed E-state index contributed by atoms with van der Waals surface area (Å²) in [4.78, 5) is 23.7. The quantitative estimate of drug-likeness (QED) is 0.909. The molecule has 0 bridgehead atoms. The highest BCUT2D eigenvalue weighted by atomic mass is 16.4. The second kappa shape index (κ2) is 7.40. The van der Waals surface area contributed by atoms with Crippen LogP contribution in [0.15, 0.2) is 42.7 Å². The van der Waals surface area contributed by atoms with Crippen LogP contribution in [0.3, 0.4) is 0 Å². The number of carbonyl (C=O) groups is 1. The van der Waals surface area contributed by atoms with Gasteiger partial charge in [0.15, 0.2) is 5.69 Å². The summed E-state index contributed by atoms with van der Waals surface area (Å²) in [7, 11) is 2.00. The summed E-state index contributed by atoms with van der Waals surface area (Å²) in [5.41, 5.74) is 1.30. The van der Waals surface area contributed by atoms with Crippen LogP contribution in [-0.4, -0.2) is 52.1 Å². The van der Waals surface area contributed by atoms with Crippen LogP contribution in [0.2, 0.25) is 0 Å². The van der Waals surface area contributed by atoms with E-state index in [0.717, 1.165) is 32.5 Å². The average molecular weight is 326 g/mol. The number of piperidine rings is 1. The largest absolute Gasteiger partial charge is 0.476 e. The van der Waals surface area contributed by atoms with E-state index in [9.17, 15) is 4.79 Å². The molecule has 1 unspecified atom stereocenters. The molecule has 6 nitrogen and oxygen atoms in total. The van der Waals surface area contributed by atoms with Crippen LogP contribution in [0.5, 0.6) is 0 Å². The van der Waals surface area contributed by atoms with Gasteiger partial charge in [-0.05, 0) is 24.9 Å². The van der Waals surface area contributed by atoms with E-state index in [2.05, 4.69) is 44.0 Å². The number of benzene rings is 1. The minimum atomic E-state index is -1.05. The number of aromatic nitrogens is 2. The molecule has 126 valence electrons. The Bertz CT molecular complexity index is 675. The lowest BCUT2D eigenvalue weighted by atomic mass is 10.0. The SMILES string of the molecule is CN(c1cnc(C(=O)O)cn1)C1CCCN(Cc2ccccc2)C1. The van der Waals surface area contributed by atoms with Gasteiger partial charge in [-0.25, -0.2) is 14.8 Å². The maximum atomic E-state index is 10.9. The molecule has 1 N–H and O–H groups in total. The zero-order valence-electron chi connectivity index (χ0n) is 13.8. The van der Waals surface area contributed by atoms with Gasteiger partial charge in [-0.1, -0.05) is 30.3 Å². The fourth-order valence-corrected chi connectivity index (χ4v) is 3.13. The fourth-order valence-electron chi connectivity index (χ4n) is 3.13. The van der Waals surface area contributed by atoms with E-state index in [-0.39, 0.29) is 5.69 Å². The van der Waals surface area contributed by atoms with E-state index in [1.165, 1.54) is 11.8 Å². The van der Waals surface area contributed by atoms with E-state index in [1.54, 1.807) is 6.20 Å². The number of carboxylic acid groups (broad SMARTS) is 1. The molecule has 1 aromatic carbocycles. The predicted molar refractivity (Wildman–Crippen MR) is 92.1 cm³/mol. The Hall–Kier alpha value is -2.47. The lowest BCUT2D eigenvalue weighted by Crippen LogP contribution is -2.46. The molecule has 1 aromatic heterocycles. The van der Waals surface area contributed by atoms with Gasteiger partial charge in [-0.2, -0.15) is 0 Å². The van der Waals surface area contributed by atoms with Gasteiger partial charge in [-0.3, -0.25) is 4.90 Å². The third-order valence-corrected chi connectivity index (χ3v) is 4.50. The summed E-state index contributed by atoms with van der Waals surface area (Å²) in [6, 6.07) is 10.8. The first kappa shape index (κ1) is 16.4. The molecule has 0 spiro atoms. The van der Waals surface area contributed by atoms with Gasteiger partial charge in [0.2, 0.25) is 0 Å². The highest BCUT2D eigenvalue weighted by molar-refractivity contribution is 5.84. The van der Waals surface area contributed by atoms with Crippen molar-refractivity contribution < 1.29 is 9.90 Å². The fraction of sp³-hybridized carbons (Fsp3) is 0.389. The number of nitrogens with zero attached hydrogens (tertiary/aromatic N) is 4. The van der Waals surface area contributed by atoms with Gasteiger partial charge in [-0.15, -0.1) is 0 Å². The number of hydrogen-bond donors (Lipinski definition) is 1. The normalized spacial score (nSPS) is 18.3. The lowest BCUT2D eigenvalue weighted by Gasteiger charge is -2.38. The van der Waals surface area contributed by atoms with Crippen LogP contribution >= 0.6 is 0 Å². The zero-order chi connectivity index (χ0) is 16.9. The second-order valence-electron chi connectivity index (χ2n) is 6.19. The summed E-state index contributed by atoms with van der Waals surface area (Å²) in [6.07, 6.45) is 5.10. The Balaban J connectivity index is 1.64. The summed E-state index contributed by atoms with van der Waals surface area (Å²) >= 11 is 0. The maximum absolute atomic E-state index is 10.9.